The fraction of sp³-hybridized carbons (Fsp3) is 0.625. The van der Waals surface area contributed by atoms with Gasteiger partial charge in [0.15, 0.2) is 0 Å². The zero-order chi connectivity index (χ0) is 15.1. The Hall–Kier alpha value is -1.10. The van der Waals surface area contributed by atoms with Crippen molar-refractivity contribution in [3.05, 3.63) is 28.8 Å². The number of ether oxygens (including phenoxy) is 1. The van der Waals surface area contributed by atoms with Gasteiger partial charge < -0.3 is 20.9 Å². The molecule has 1 aromatic carbocycles. The van der Waals surface area contributed by atoms with Crippen LogP contribution in [0.2, 0.25) is 0 Å². The van der Waals surface area contributed by atoms with Crippen molar-refractivity contribution in [1.82, 2.24) is 5.32 Å². The fourth-order valence-electron chi connectivity index (χ4n) is 2.39. The van der Waals surface area contributed by atoms with Gasteiger partial charge in [0.2, 0.25) is 0 Å². The van der Waals surface area contributed by atoms with Crippen molar-refractivity contribution in [3.8, 4) is 5.75 Å². The molecule has 1 rings (SSSR count). The first-order valence-corrected chi connectivity index (χ1v) is 7.33. The van der Waals surface area contributed by atoms with E-state index in [1.54, 1.807) is 0 Å². The Morgan fingerprint density at radius 1 is 1.30 bits per heavy atom. The fourth-order valence-corrected chi connectivity index (χ4v) is 2.39. The summed E-state index contributed by atoms with van der Waals surface area (Å²) in [6.07, 6.45) is 1.09. The molecule has 0 saturated carbocycles. The van der Waals surface area contributed by atoms with Crippen LogP contribution >= 0.6 is 0 Å². The molecule has 0 aliphatic carbocycles. The summed E-state index contributed by atoms with van der Waals surface area (Å²) < 4.78 is 5.65. The van der Waals surface area contributed by atoms with Gasteiger partial charge in [-0.05, 0) is 69.1 Å². The molecule has 4 N–H and O–H groups in total. The number of nitrogens with two attached hydrogens (primary N) is 1. The Morgan fingerprint density at radius 3 is 2.40 bits per heavy atom. The Morgan fingerprint density at radius 2 is 1.90 bits per heavy atom. The predicted octanol–water partition coefficient (Wildman–Crippen LogP) is 2.06. The van der Waals surface area contributed by atoms with Crippen LogP contribution in [0.5, 0.6) is 5.75 Å². The van der Waals surface area contributed by atoms with Crippen molar-refractivity contribution >= 4 is 0 Å². The van der Waals surface area contributed by atoms with Gasteiger partial charge >= 0.3 is 0 Å². The molecule has 0 bridgehead atoms. The van der Waals surface area contributed by atoms with Gasteiger partial charge in [0.25, 0.3) is 0 Å². The summed E-state index contributed by atoms with van der Waals surface area (Å²) in [4.78, 5) is 0. The monoisotopic (exact) mass is 280 g/mol. The summed E-state index contributed by atoms with van der Waals surface area (Å²) in [6.45, 7) is 7.58. The van der Waals surface area contributed by atoms with Crippen LogP contribution in [0.1, 0.15) is 42.6 Å². The third-order valence-corrected chi connectivity index (χ3v) is 3.47. The summed E-state index contributed by atoms with van der Waals surface area (Å²) in [5, 5.41) is 13.5. The van der Waals surface area contributed by atoms with Gasteiger partial charge in [0.05, 0.1) is 12.7 Å². The van der Waals surface area contributed by atoms with E-state index in [9.17, 15) is 5.11 Å². The lowest BCUT2D eigenvalue weighted by Gasteiger charge is -2.23. The highest BCUT2D eigenvalue weighted by Crippen LogP contribution is 2.29. The molecule has 114 valence electrons. The minimum atomic E-state index is -0.636. The highest BCUT2D eigenvalue weighted by Gasteiger charge is 2.21. The van der Waals surface area contributed by atoms with E-state index in [1.165, 1.54) is 0 Å². The third-order valence-electron chi connectivity index (χ3n) is 3.47. The number of benzene rings is 1. The lowest BCUT2D eigenvalue weighted by molar-refractivity contribution is 0.141. The average molecular weight is 280 g/mol. The van der Waals surface area contributed by atoms with Crippen molar-refractivity contribution in [1.29, 1.82) is 0 Å². The molecular formula is C16H28N2O2. The van der Waals surface area contributed by atoms with E-state index in [1.807, 2.05) is 33.0 Å². The minimum Gasteiger partial charge on any atom is -0.494 e. The molecule has 0 spiro atoms. The molecule has 0 fully saturated rings. The molecule has 0 aromatic heterocycles. The average Bonchev–Trinajstić information content (AvgIpc) is 2.41. The van der Waals surface area contributed by atoms with Crippen molar-refractivity contribution in [2.24, 2.45) is 5.73 Å². The first-order chi connectivity index (χ1) is 9.51. The molecule has 4 heteroatoms. The SMILES string of the molecule is CCCOc1cc(C)c(C(O)C(N)CCNC)c(C)c1. The Balaban J connectivity index is 2.89. The summed E-state index contributed by atoms with van der Waals surface area (Å²) in [5.74, 6) is 0.863. The van der Waals surface area contributed by atoms with Crippen LogP contribution in [0.15, 0.2) is 12.1 Å². The van der Waals surface area contributed by atoms with Gasteiger partial charge in [0, 0.05) is 6.04 Å². The molecular weight excluding hydrogens is 252 g/mol. The molecule has 0 heterocycles. The molecule has 2 unspecified atom stereocenters. The second-order valence-electron chi connectivity index (χ2n) is 5.32. The molecule has 0 amide bonds. The van der Waals surface area contributed by atoms with E-state index in [-0.39, 0.29) is 6.04 Å². The molecule has 1 aromatic rings. The number of aliphatic hydroxyl groups is 1. The van der Waals surface area contributed by atoms with Gasteiger partial charge in [-0.2, -0.15) is 0 Å². The van der Waals surface area contributed by atoms with Crippen molar-refractivity contribution < 1.29 is 9.84 Å². The second kappa shape index (κ2) is 8.25. The lowest BCUT2D eigenvalue weighted by Crippen LogP contribution is -2.32. The van der Waals surface area contributed by atoms with E-state index in [2.05, 4.69) is 12.2 Å². The Kier molecular flexibility index (Phi) is 6.99. The zero-order valence-corrected chi connectivity index (χ0v) is 13.1. The van der Waals surface area contributed by atoms with E-state index in [0.29, 0.717) is 6.61 Å². The number of hydrogen-bond acceptors (Lipinski definition) is 4. The Bertz CT molecular complexity index is 398. The molecule has 0 saturated heterocycles. The topological polar surface area (TPSA) is 67.5 Å². The summed E-state index contributed by atoms with van der Waals surface area (Å²) in [7, 11) is 1.88. The van der Waals surface area contributed by atoms with Crippen LogP contribution in [-0.2, 0) is 0 Å². The molecule has 20 heavy (non-hydrogen) atoms. The first-order valence-electron chi connectivity index (χ1n) is 7.33. The van der Waals surface area contributed by atoms with Gasteiger partial charge in [-0.15, -0.1) is 0 Å². The van der Waals surface area contributed by atoms with Crippen LogP contribution in [0, 0.1) is 13.8 Å². The maximum absolute atomic E-state index is 10.5. The summed E-state index contributed by atoms with van der Waals surface area (Å²) in [6, 6.07) is 3.69. The maximum Gasteiger partial charge on any atom is 0.119 e. The minimum absolute atomic E-state index is 0.262. The molecule has 0 aliphatic heterocycles. The lowest BCUT2D eigenvalue weighted by atomic mass is 9.92. The highest BCUT2D eigenvalue weighted by molar-refractivity contribution is 5.42. The van der Waals surface area contributed by atoms with E-state index in [4.69, 9.17) is 10.5 Å². The van der Waals surface area contributed by atoms with Crippen molar-refractivity contribution in [2.75, 3.05) is 20.2 Å². The highest BCUT2D eigenvalue weighted by atomic mass is 16.5. The van der Waals surface area contributed by atoms with Crippen LogP contribution in [0.25, 0.3) is 0 Å². The standard InChI is InChI=1S/C16H28N2O2/c1-5-8-20-13-9-11(2)15(12(3)10-13)16(19)14(17)6-7-18-4/h9-10,14,16,18-19H,5-8,17H2,1-4H3. The molecule has 0 radical (unpaired) electrons. The van der Waals surface area contributed by atoms with Crippen molar-refractivity contribution in [3.63, 3.8) is 0 Å². The zero-order valence-electron chi connectivity index (χ0n) is 13.1. The number of hydrogen-bond donors (Lipinski definition) is 3. The molecule has 4 nitrogen and oxygen atoms in total. The van der Waals surface area contributed by atoms with Crippen LogP contribution in [0.3, 0.4) is 0 Å². The van der Waals surface area contributed by atoms with Crippen LogP contribution < -0.4 is 15.8 Å². The van der Waals surface area contributed by atoms with Crippen molar-refractivity contribution in [2.45, 2.75) is 45.8 Å². The van der Waals surface area contributed by atoms with Gasteiger partial charge in [-0.1, -0.05) is 6.92 Å². The van der Waals surface area contributed by atoms with Crippen LogP contribution in [-0.4, -0.2) is 31.3 Å². The van der Waals surface area contributed by atoms with E-state index in [0.717, 1.165) is 41.8 Å². The van der Waals surface area contributed by atoms with Crippen LogP contribution in [0.4, 0.5) is 0 Å². The number of nitrogens with one attached hydrogen (secondary N) is 1. The Labute approximate surface area is 122 Å². The van der Waals surface area contributed by atoms with Gasteiger partial charge in [-0.25, -0.2) is 0 Å². The largest absolute Gasteiger partial charge is 0.494 e. The van der Waals surface area contributed by atoms with E-state index < -0.39 is 6.10 Å². The number of rotatable bonds is 8. The normalized spacial score (nSPS) is 14.1. The number of aryl methyl sites for hydroxylation is 2. The quantitative estimate of drug-likeness (QED) is 0.682. The maximum atomic E-state index is 10.5. The third kappa shape index (κ3) is 4.47. The van der Waals surface area contributed by atoms with Gasteiger partial charge in [-0.3, -0.25) is 0 Å². The first kappa shape index (κ1) is 17.0. The molecule has 2 atom stereocenters. The second-order valence-corrected chi connectivity index (χ2v) is 5.32. The predicted molar refractivity (Wildman–Crippen MR) is 83.2 cm³/mol. The number of aliphatic hydroxyl groups excluding tert-OH is 1. The van der Waals surface area contributed by atoms with E-state index >= 15 is 0 Å². The summed E-state index contributed by atoms with van der Waals surface area (Å²) >= 11 is 0. The summed E-state index contributed by atoms with van der Waals surface area (Å²) in [5.41, 5.74) is 9.06. The molecule has 0 aliphatic rings. The smallest absolute Gasteiger partial charge is 0.119 e. The van der Waals surface area contributed by atoms with Gasteiger partial charge in [0.1, 0.15) is 5.75 Å².